The van der Waals surface area contributed by atoms with Crippen molar-refractivity contribution < 1.29 is 23.8 Å². The van der Waals surface area contributed by atoms with Crippen molar-refractivity contribution in [2.24, 2.45) is 10.8 Å². The molecule has 0 aliphatic carbocycles. The van der Waals surface area contributed by atoms with Gasteiger partial charge in [-0.25, -0.2) is 4.79 Å². The number of amides is 1. The molecule has 136 valence electrons. The van der Waals surface area contributed by atoms with Crippen molar-refractivity contribution in [3.63, 3.8) is 0 Å². The molecular weight excluding hydrogens is 298 g/mol. The van der Waals surface area contributed by atoms with Crippen LogP contribution < -0.4 is 5.32 Å². The molecule has 0 fully saturated rings. The SMILES string of the molecule is CC(C)(C=O)COCCOCC(C)(C)CNC(=O)OC(C)(C)C. The van der Waals surface area contributed by atoms with Crippen LogP contribution in [0.1, 0.15) is 48.5 Å². The van der Waals surface area contributed by atoms with Crippen molar-refractivity contribution in [1.29, 1.82) is 0 Å². The first-order chi connectivity index (χ1) is 10.4. The third kappa shape index (κ3) is 13.0. The summed E-state index contributed by atoms with van der Waals surface area (Å²) in [6.07, 6.45) is 0.462. The number of alkyl carbamates (subject to hydrolysis) is 1. The van der Waals surface area contributed by atoms with Crippen LogP contribution in [0, 0.1) is 10.8 Å². The fraction of sp³-hybridized carbons (Fsp3) is 0.882. The van der Waals surface area contributed by atoms with E-state index in [0.29, 0.717) is 33.0 Å². The molecule has 23 heavy (non-hydrogen) atoms. The summed E-state index contributed by atoms with van der Waals surface area (Å²) in [5.74, 6) is 0. The van der Waals surface area contributed by atoms with Crippen molar-refractivity contribution in [3.8, 4) is 0 Å². The summed E-state index contributed by atoms with van der Waals surface area (Å²) in [5, 5.41) is 2.75. The summed E-state index contributed by atoms with van der Waals surface area (Å²) >= 11 is 0. The molecule has 6 nitrogen and oxygen atoms in total. The number of carbonyl (C=O) groups is 2. The van der Waals surface area contributed by atoms with Crippen LogP contribution in [0.4, 0.5) is 4.79 Å². The Bertz CT molecular complexity index is 372. The zero-order valence-corrected chi connectivity index (χ0v) is 15.7. The molecule has 1 amide bonds. The van der Waals surface area contributed by atoms with Crippen LogP contribution in [0.15, 0.2) is 0 Å². The average molecular weight is 331 g/mol. The Kier molecular flexibility index (Phi) is 8.77. The van der Waals surface area contributed by atoms with E-state index in [1.165, 1.54) is 0 Å². The van der Waals surface area contributed by atoms with Crippen molar-refractivity contribution in [2.75, 3.05) is 33.0 Å². The third-order valence-corrected chi connectivity index (χ3v) is 2.77. The van der Waals surface area contributed by atoms with Crippen molar-refractivity contribution >= 4 is 12.4 Å². The Labute approximate surface area is 140 Å². The summed E-state index contributed by atoms with van der Waals surface area (Å²) in [7, 11) is 0. The van der Waals surface area contributed by atoms with Gasteiger partial charge in [0.05, 0.1) is 26.4 Å². The van der Waals surface area contributed by atoms with Gasteiger partial charge in [-0.2, -0.15) is 0 Å². The molecule has 0 bridgehead atoms. The number of rotatable bonds is 10. The zero-order valence-electron chi connectivity index (χ0n) is 15.7. The Morgan fingerprint density at radius 2 is 1.48 bits per heavy atom. The largest absolute Gasteiger partial charge is 0.444 e. The lowest BCUT2D eigenvalue weighted by atomic mass is 9.95. The van der Waals surface area contributed by atoms with Crippen LogP contribution in [0.3, 0.4) is 0 Å². The van der Waals surface area contributed by atoms with Gasteiger partial charge in [0.15, 0.2) is 0 Å². The molecule has 1 N–H and O–H groups in total. The van der Waals surface area contributed by atoms with Gasteiger partial charge in [-0.3, -0.25) is 0 Å². The van der Waals surface area contributed by atoms with Crippen LogP contribution in [-0.2, 0) is 19.0 Å². The van der Waals surface area contributed by atoms with Crippen LogP contribution >= 0.6 is 0 Å². The monoisotopic (exact) mass is 331 g/mol. The zero-order chi connectivity index (χ0) is 18.1. The summed E-state index contributed by atoms with van der Waals surface area (Å²) in [4.78, 5) is 22.4. The van der Waals surface area contributed by atoms with Gasteiger partial charge in [0.25, 0.3) is 0 Å². The lowest BCUT2D eigenvalue weighted by Crippen LogP contribution is -2.39. The van der Waals surface area contributed by atoms with E-state index in [2.05, 4.69) is 5.32 Å². The molecule has 6 heteroatoms. The van der Waals surface area contributed by atoms with E-state index in [4.69, 9.17) is 14.2 Å². The summed E-state index contributed by atoms with van der Waals surface area (Å²) in [6.45, 7) is 15.3. The highest BCUT2D eigenvalue weighted by atomic mass is 16.6. The van der Waals surface area contributed by atoms with Crippen molar-refractivity contribution in [3.05, 3.63) is 0 Å². The van der Waals surface area contributed by atoms with Gasteiger partial charge in [0.2, 0.25) is 0 Å². The fourth-order valence-electron chi connectivity index (χ4n) is 1.51. The van der Waals surface area contributed by atoms with E-state index in [0.717, 1.165) is 6.29 Å². The van der Waals surface area contributed by atoms with Gasteiger partial charge in [0.1, 0.15) is 11.9 Å². The molecular formula is C17H33NO5. The molecule has 0 unspecified atom stereocenters. The first-order valence-electron chi connectivity index (χ1n) is 7.96. The van der Waals surface area contributed by atoms with Crippen LogP contribution in [-0.4, -0.2) is 51.0 Å². The topological polar surface area (TPSA) is 73.9 Å². The number of aldehydes is 1. The molecule has 0 saturated heterocycles. The first kappa shape index (κ1) is 21.9. The predicted octanol–water partition coefficient (Wildman–Crippen LogP) is 2.80. The maximum absolute atomic E-state index is 11.6. The Hall–Kier alpha value is -1.14. The van der Waals surface area contributed by atoms with Crippen molar-refractivity contribution in [1.82, 2.24) is 5.32 Å². The van der Waals surface area contributed by atoms with Gasteiger partial charge in [-0.15, -0.1) is 0 Å². The van der Waals surface area contributed by atoms with Crippen molar-refractivity contribution in [2.45, 2.75) is 54.1 Å². The van der Waals surface area contributed by atoms with Gasteiger partial charge < -0.3 is 24.3 Å². The van der Waals surface area contributed by atoms with E-state index < -0.39 is 17.1 Å². The molecule has 0 atom stereocenters. The molecule has 0 rings (SSSR count). The molecule has 0 saturated carbocycles. The quantitative estimate of drug-likeness (QED) is 0.492. The second-order valence-electron chi connectivity index (χ2n) is 8.23. The minimum atomic E-state index is -0.503. The van der Waals surface area contributed by atoms with E-state index in [1.807, 2.05) is 48.5 Å². The molecule has 0 radical (unpaired) electrons. The van der Waals surface area contributed by atoms with E-state index >= 15 is 0 Å². The maximum atomic E-state index is 11.6. The summed E-state index contributed by atoms with van der Waals surface area (Å²) in [6, 6.07) is 0. The van der Waals surface area contributed by atoms with Gasteiger partial charge >= 0.3 is 6.09 Å². The van der Waals surface area contributed by atoms with Crippen LogP contribution in [0.25, 0.3) is 0 Å². The van der Waals surface area contributed by atoms with E-state index in [9.17, 15) is 9.59 Å². The highest BCUT2D eigenvalue weighted by Crippen LogP contribution is 2.15. The van der Waals surface area contributed by atoms with Gasteiger partial charge in [-0.05, 0) is 20.8 Å². The normalized spacial score (nSPS) is 12.8. The number of hydrogen-bond acceptors (Lipinski definition) is 5. The highest BCUT2D eigenvalue weighted by molar-refractivity contribution is 5.67. The first-order valence-corrected chi connectivity index (χ1v) is 7.96. The van der Waals surface area contributed by atoms with Crippen LogP contribution in [0.2, 0.25) is 0 Å². The maximum Gasteiger partial charge on any atom is 0.407 e. The standard InChI is InChI=1S/C17H33NO5/c1-15(2,3)23-14(20)18-10-16(4,5)12-21-8-9-22-13-17(6,7)11-19/h11H,8-10,12-13H2,1-7H3,(H,18,20). The van der Waals surface area contributed by atoms with Gasteiger partial charge in [-0.1, -0.05) is 27.7 Å². The van der Waals surface area contributed by atoms with Gasteiger partial charge in [0, 0.05) is 17.4 Å². The Morgan fingerprint density at radius 3 is 1.96 bits per heavy atom. The average Bonchev–Trinajstić information content (AvgIpc) is 2.39. The molecule has 0 aromatic carbocycles. The number of carbonyl (C=O) groups excluding carboxylic acids is 2. The third-order valence-electron chi connectivity index (χ3n) is 2.77. The predicted molar refractivity (Wildman–Crippen MR) is 89.5 cm³/mol. The second kappa shape index (κ2) is 9.23. The van der Waals surface area contributed by atoms with E-state index in [1.54, 1.807) is 0 Å². The number of ether oxygens (including phenoxy) is 3. The highest BCUT2D eigenvalue weighted by Gasteiger charge is 2.22. The smallest absolute Gasteiger partial charge is 0.407 e. The minimum absolute atomic E-state index is 0.209. The number of nitrogens with one attached hydrogen (secondary N) is 1. The van der Waals surface area contributed by atoms with E-state index in [-0.39, 0.29) is 5.41 Å². The molecule has 0 spiro atoms. The molecule has 0 aliphatic heterocycles. The summed E-state index contributed by atoms with van der Waals surface area (Å²) < 4.78 is 16.2. The van der Waals surface area contributed by atoms with Crippen LogP contribution in [0.5, 0.6) is 0 Å². The second-order valence-corrected chi connectivity index (χ2v) is 8.23. The minimum Gasteiger partial charge on any atom is -0.444 e. The molecule has 0 aromatic rings. The summed E-state index contributed by atoms with van der Waals surface area (Å²) in [5.41, 5.74) is -1.17. The molecule has 0 aliphatic rings. The lowest BCUT2D eigenvalue weighted by Gasteiger charge is -2.26. The molecule has 0 heterocycles. The number of hydrogen-bond donors (Lipinski definition) is 1. The molecule has 0 aromatic heterocycles. The Balaban J connectivity index is 3.84. The lowest BCUT2D eigenvalue weighted by molar-refractivity contribution is -0.118. The Morgan fingerprint density at radius 1 is 0.957 bits per heavy atom. The fourth-order valence-corrected chi connectivity index (χ4v) is 1.51.